The first-order chi connectivity index (χ1) is 12.5. The third-order valence-electron chi connectivity index (χ3n) is 7.93. The first-order valence-electron chi connectivity index (χ1n) is 10.5. The summed E-state index contributed by atoms with van der Waals surface area (Å²) in [6.45, 7) is 5.31. The molecule has 6 heteroatoms. The number of nitrogens with zero attached hydrogens (tertiary/aromatic N) is 2. The molecule has 6 rings (SSSR count). The van der Waals surface area contributed by atoms with Crippen LogP contribution in [0.15, 0.2) is 0 Å². The van der Waals surface area contributed by atoms with E-state index in [0.717, 1.165) is 32.1 Å². The van der Waals surface area contributed by atoms with E-state index in [-0.39, 0.29) is 22.6 Å². The second-order valence-corrected chi connectivity index (χ2v) is 11.3. The van der Waals surface area contributed by atoms with Gasteiger partial charge in [-0.3, -0.25) is 9.59 Å². The lowest BCUT2D eigenvalue weighted by atomic mass is 9.43. The molecule has 2 heterocycles. The molecule has 6 nitrogen and oxygen atoms in total. The zero-order chi connectivity index (χ0) is 19.2. The van der Waals surface area contributed by atoms with Crippen molar-refractivity contribution in [3.63, 3.8) is 0 Å². The molecule has 4 bridgehead atoms. The molecule has 6 aliphatic rings. The zero-order valence-corrected chi connectivity index (χ0v) is 16.5. The lowest BCUT2D eigenvalue weighted by molar-refractivity contribution is -0.188. The van der Waals surface area contributed by atoms with Crippen LogP contribution in [0, 0.1) is 22.7 Å². The van der Waals surface area contributed by atoms with Gasteiger partial charge in [0.05, 0.1) is 42.8 Å². The molecular weight excluding hydrogens is 344 g/mol. The maximum atomic E-state index is 13.4. The number of carbonyl (C=O) groups excluding carboxylic acids is 2. The van der Waals surface area contributed by atoms with Gasteiger partial charge in [-0.05, 0) is 69.6 Å². The van der Waals surface area contributed by atoms with Gasteiger partial charge < -0.3 is 20.0 Å². The molecule has 2 N–H and O–H groups in total. The normalized spacial score (nSPS) is 43.3. The molecule has 2 unspecified atom stereocenters. The van der Waals surface area contributed by atoms with Crippen LogP contribution in [0.1, 0.15) is 58.8 Å². The third-order valence-corrected chi connectivity index (χ3v) is 7.93. The summed E-state index contributed by atoms with van der Waals surface area (Å²) in [6, 6.07) is 0. The summed E-state index contributed by atoms with van der Waals surface area (Å²) in [7, 11) is 0. The molecule has 27 heavy (non-hydrogen) atoms. The highest BCUT2D eigenvalue weighted by atomic mass is 16.3. The standard InChI is InChI=1S/C21H32N2O4/c1-18(26)10-22(11-18)16(24)8-20-4-14-3-15(5-20)7-21(6-14,9-20)17(25)23-12-19(2,27)13-23/h14-15,26-27H,3-13H2,1-2H3. The molecule has 6 fully saturated rings. The second-order valence-electron chi connectivity index (χ2n) is 11.3. The monoisotopic (exact) mass is 376 g/mol. The first kappa shape index (κ1) is 17.9. The van der Waals surface area contributed by atoms with Crippen LogP contribution in [0.2, 0.25) is 0 Å². The van der Waals surface area contributed by atoms with E-state index in [9.17, 15) is 19.8 Å². The molecule has 2 atom stereocenters. The minimum absolute atomic E-state index is 0.0361. The summed E-state index contributed by atoms with van der Waals surface area (Å²) in [5.74, 6) is 1.50. The van der Waals surface area contributed by atoms with Gasteiger partial charge in [-0.15, -0.1) is 0 Å². The van der Waals surface area contributed by atoms with Gasteiger partial charge in [0.25, 0.3) is 0 Å². The summed E-state index contributed by atoms with van der Waals surface area (Å²) in [5.41, 5.74) is -1.81. The molecule has 0 spiro atoms. The Balaban J connectivity index is 1.33. The number of rotatable bonds is 3. The smallest absolute Gasteiger partial charge is 0.229 e. The predicted octanol–water partition coefficient (Wildman–Crippen LogP) is 1.15. The average Bonchev–Trinajstić information content (AvgIpc) is 2.47. The van der Waals surface area contributed by atoms with Gasteiger partial charge in [0, 0.05) is 6.42 Å². The van der Waals surface area contributed by atoms with Crippen molar-refractivity contribution in [2.45, 2.75) is 70.0 Å². The first-order valence-corrected chi connectivity index (χ1v) is 10.5. The summed E-state index contributed by atoms with van der Waals surface area (Å²) in [6.07, 6.45) is 6.66. The van der Waals surface area contributed by atoms with Gasteiger partial charge in [0.2, 0.25) is 11.8 Å². The molecule has 150 valence electrons. The Morgan fingerprint density at radius 3 is 1.93 bits per heavy atom. The predicted molar refractivity (Wildman–Crippen MR) is 98.6 cm³/mol. The number of aliphatic hydroxyl groups is 2. The van der Waals surface area contributed by atoms with Crippen molar-refractivity contribution in [1.82, 2.24) is 9.80 Å². The molecule has 2 amide bonds. The highest BCUT2D eigenvalue weighted by Gasteiger charge is 2.62. The van der Waals surface area contributed by atoms with E-state index in [0.29, 0.717) is 44.4 Å². The highest BCUT2D eigenvalue weighted by Crippen LogP contribution is 2.67. The highest BCUT2D eigenvalue weighted by molar-refractivity contribution is 5.85. The van der Waals surface area contributed by atoms with E-state index >= 15 is 0 Å². The Morgan fingerprint density at radius 2 is 1.41 bits per heavy atom. The number of carbonyl (C=O) groups is 2. The van der Waals surface area contributed by atoms with E-state index in [4.69, 9.17) is 0 Å². The van der Waals surface area contributed by atoms with E-state index in [2.05, 4.69) is 0 Å². The molecule has 4 saturated carbocycles. The summed E-state index contributed by atoms with van der Waals surface area (Å²) >= 11 is 0. The third kappa shape index (κ3) is 2.82. The fraction of sp³-hybridized carbons (Fsp3) is 0.905. The van der Waals surface area contributed by atoms with Crippen molar-refractivity contribution in [2.75, 3.05) is 26.2 Å². The van der Waals surface area contributed by atoms with Crippen molar-refractivity contribution in [3.05, 3.63) is 0 Å². The number of hydrogen-bond acceptors (Lipinski definition) is 4. The van der Waals surface area contributed by atoms with Crippen LogP contribution < -0.4 is 0 Å². The molecule has 0 aromatic rings. The molecule has 0 radical (unpaired) electrons. The lowest BCUT2D eigenvalue weighted by Gasteiger charge is -2.63. The molecule has 0 aromatic heterocycles. The van der Waals surface area contributed by atoms with Gasteiger partial charge >= 0.3 is 0 Å². The van der Waals surface area contributed by atoms with Crippen LogP contribution in [0.4, 0.5) is 0 Å². The van der Waals surface area contributed by atoms with Crippen molar-refractivity contribution in [3.8, 4) is 0 Å². The van der Waals surface area contributed by atoms with Gasteiger partial charge in [0.15, 0.2) is 0 Å². The van der Waals surface area contributed by atoms with Gasteiger partial charge in [-0.1, -0.05) is 0 Å². The van der Waals surface area contributed by atoms with Crippen LogP contribution in [0.5, 0.6) is 0 Å². The topological polar surface area (TPSA) is 81.1 Å². The molecule has 2 aliphatic heterocycles. The summed E-state index contributed by atoms with van der Waals surface area (Å²) in [4.78, 5) is 29.8. The van der Waals surface area contributed by atoms with Crippen LogP contribution in [-0.2, 0) is 9.59 Å². The minimum atomic E-state index is -0.736. The van der Waals surface area contributed by atoms with Crippen molar-refractivity contribution in [2.24, 2.45) is 22.7 Å². The minimum Gasteiger partial charge on any atom is -0.386 e. The maximum absolute atomic E-state index is 13.4. The van der Waals surface area contributed by atoms with E-state index in [1.54, 1.807) is 18.7 Å². The summed E-state index contributed by atoms with van der Waals surface area (Å²) in [5, 5.41) is 20.0. The fourth-order valence-electron chi connectivity index (χ4n) is 7.55. The van der Waals surface area contributed by atoms with E-state index in [1.165, 1.54) is 6.42 Å². The van der Waals surface area contributed by atoms with Crippen LogP contribution >= 0.6 is 0 Å². The maximum Gasteiger partial charge on any atom is 0.229 e. The second kappa shape index (κ2) is 5.26. The Morgan fingerprint density at radius 1 is 0.889 bits per heavy atom. The largest absolute Gasteiger partial charge is 0.386 e. The number of likely N-dealkylation sites (tertiary alicyclic amines) is 2. The number of amides is 2. The van der Waals surface area contributed by atoms with Gasteiger partial charge in [-0.2, -0.15) is 0 Å². The lowest BCUT2D eigenvalue weighted by Crippen LogP contribution is -2.67. The summed E-state index contributed by atoms with van der Waals surface area (Å²) < 4.78 is 0. The SMILES string of the molecule is CC1(O)CN(C(=O)CC23CC4CC(C2)CC(C(=O)N2CC(C)(O)C2)(C4)C3)C1. The van der Waals surface area contributed by atoms with E-state index < -0.39 is 11.2 Å². The van der Waals surface area contributed by atoms with Gasteiger partial charge in [-0.25, -0.2) is 0 Å². The Hall–Kier alpha value is -1.14. The van der Waals surface area contributed by atoms with Crippen molar-refractivity contribution >= 4 is 11.8 Å². The van der Waals surface area contributed by atoms with Crippen molar-refractivity contribution < 1.29 is 19.8 Å². The quantitative estimate of drug-likeness (QED) is 0.774. The fourth-order valence-corrected chi connectivity index (χ4v) is 7.55. The van der Waals surface area contributed by atoms with Crippen molar-refractivity contribution in [1.29, 1.82) is 0 Å². The average molecular weight is 376 g/mol. The van der Waals surface area contributed by atoms with Gasteiger partial charge in [0.1, 0.15) is 0 Å². The van der Waals surface area contributed by atoms with Crippen LogP contribution in [0.3, 0.4) is 0 Å². The molecule has 0 aromatic carbocycles. The Bertz CT molecular complexity index is 670. The number of β-amino-alcohol motifs (C(OH)–C–C–N with tert-alkyl or cyclic N) is 2. The molecule has 4 aliphatic carbocycles. The molecular formula is C21H32N2O4. The molecule has 2 saturated heterocycles. The Labute approximate surface area is 160 Å². The zero-order valence-electron chi connectivity index (χ0n) is 16.5. The Kier molecular flexibility index (Phi) is 3.49. The van der Waals surface area contributed by atoms with Crippen LogP contribution in [-0.4, -0.2) is 69.2 Å². The van der Waals surface area contributed by atoms with E-state index in [1.807, 2.05) is 4.90 Å². The van der Waals surface area contributed by atoms with Crippen LogP contribution in [0.25, 0.3) is 0 Å². The number of hydrogen-bond donors (Lipinski definition) is 2.